The van der Waals surface area contributed by atoms with Crippen LogP contribution in [-0.2, 0) is 19.1 Å². The lowest BCUT2D eigenvalue weighted by molar-refractivity contribution is -0.161. The lowest BCUT2D eigenvalue weighted by Gasteiger charge is -2.15. The number of ether oxygens (including phenoxy) is 2. The van der Waals surface area contributed by atoms with Gasteiger partial charge in [-0.3, -0.25) is 9.59 Å². The number of alkyl halides is 3. The molecule has 0 atom stereocenters. The monoisotopic (exact) mass is 332 g/mol. The summed E-state index contributed by atoms with van der Waals surface area (Å²) in [7, 11) is 0. The molecule has 4 nitrogen and oxygen atoms in total. The zero-order valence-corrected chi connectivity index (χ0v) is 13.4. The zero-order chi connectivity index (χ0) is 14.9. The third-order valence-corrected chi connectivity index (χ3v) is 2.91. The molecular formula is C12H19Cl3O4. The van der Waals surface area contributed by atoms with Crippen molar-refractivity contribution in [3.8, 4) is 0 Å². The van der Waals surface area contributed by atoms with Gasteiger partial charge in [0.2, 0.25) is 0 Å². The van der Waals surface area contributed by atoms with E-state index in [2.05, 4.69) is 0 Å². The van der Waals surface area contributed by atoms with E-state index in [1.807, 2.05) is 0 Å². The lowest BCUT2D eigenvalue weighted by atomic mass is 10.0. The SMILES string of the molecule is CCOC(=O)C(CCCCC(Cl)(Cl)Cl)C(=O)OCC. The average Bonchev–Trinajstić information content (AvgIpc) is 2.27. The van der Waals surface area contributed by atoms with Crippen molar-refractivity contribution in [1.29, 1.82) is 0 Å². The molecule has 0 fully saturated rings. The van der Waals surface area contributed by atoms with Crippen LogP contribution in [0, 0.1) is 5.92 Å². The van der Waals surface area contributed by atoms with Gasteiger partial charge < -0.3 is 9.47 Å². The highest BCUT2D eigenvalue weighted by molar-refractivity contribution is 6.67. The van der Waals surface area contributed by atoms with Crippen molar-refractivity contribution >= 4 is 46.7 Å². The molecule has 0 aromatic heterocycles. The van der Waals surface area contributed by atoms with Gasteiger partial charge in [0.05, 0.1) is 13.2 Å². The maximum atomic E-state index is 11.6. The fourth-order valence-corrected chi connectivity index (χ4v) is 1.89. The summed E-state index contributed by atoms with van der Waals surface area (Å²) in [4.78, 5) is 23.3. The Hall–Kier alpha value is -0.190. The minimum atomic E-state index is -1.30. The molecule has 0 aromatic carbocycles. The van der Waals surface area contributed by atoms with Gasteiger partial charge in [-0.2, -0.15) is 0 Å². The van der Waals surface area contributed by atoms with Crippen molar-refractivity contribution in [3.05, 3.63) is 0 Å². The summed E-state index contributed by atoms with van der Waals surface area (Å²) in [5.74, 6) is -2.01. The van der Waals surface area contributed by atoms with E-state index in [0.29, 0.717) is 25.7 Å². The van der Waals surface area contributed by atoms with Crippen molar-refractivity contribution in [2.24, 2.45) is 5.92 Å². The first-order valence-electron chi connectivity index (χ1n) is 6.21. The maximum Gasteiger partial charge on any atom is 0.320 e. The van der Waals surface area contributed by atoms with E-state index >= 15 is 0 Å². The standard InChI is InChI=1S/C12H19Cl3O4/c1-3-18-10(16)9(11(17)19-4-2)7-5-6-8-12(13,14)15/h9H,3-8H2,1-2H3. The molecule has 0 bridgehead atoms. The molecule has 0 saturated carbocycles. The van der Waals surface area contributed by atoms with E-state index in [4.69, 9.17) is 44.3 Å². The van der Waals surface area contributed by atoms with Crippen LogP contribution in [0.15, 0.2) is 0 Å². The summed E-state index contributed by atoms with van der Waals surface area (Å²) < 4.78 is 8.40. The van der Waals surface area contributed by atoms with Crippen LogP contribution < -0.4 is 0 Å². The Morgan fingerprint density at radius 3 is 1.84 bits per heavy atom. The molecule has 0 aliphatic heterocycles. The summed E-state index contributed by atoms with van der Waals surface area (Å²) in [5.41, 5.74) is 0. The van der Waals surface area contributed by atoms with Crippen LogP contribution in [-0.4, -0.2) is 28.9 Å². The van der Waals surface area contributed by atoms with Crippen LogP contribution in [0.1, 0.15) is 39.5 Å². The van der Waals surface area contributed by atoms with Gasteiger partial charge >= 0.3 is 11.9 Å². The Kier molecular flexibility index (Phi) is 9.58. The van der Waals surface area contributed by atoms with Crippen LogP contribution in [0.3, 0.4) is 0 Å². The molecule has 0 saturated heterocycles. The van der Waals surface area contributed by atoms with E-state index < -0.39 is 21.6 Å². The molecule has 112 valence electrons. The van der Waals surface area contributed by atoms with Gasteiger partial charge in [0.1, 0.15) is 0 Å². The number of esters is 2. The van der Waals surface area contributed by atoms with Crippen molar-refractivity contribution in [3.63, 3.8) is 0 Å². The fourth-order valence-electron chi connectivity index (χ4n) is 1.49. The number of carbonyl (C=O) groups excluding carboxylic acids is 2. The third-order valence-electron chi connectivity index (χ3n) is 2.35. The number of rotatable bonds is 8. The smallest absolute Gasteiger partial charge is 0.320 e. The second-order valence-electron chi connectivity index (χ2n) is 3.92. The molecular weight excluding hydrogens is 314 g/mol. The summed E-state index contributed by atoms with van der Waals surface area (Å²) in [5, 5.41) is 0. The molecule has 0 amide bonds. The first-order chi connectivity index (χ1) is 8.81. The highest BCUT2D eigenvalue weighted by Gasteiger charge is 2.29. The first kappa shape index (κ1) is 18.8. The van der Waals surface area contributed by atoms with Gasteiger partial charge in [0.15, 0.2) is 9.71 Å². The van der Waals surface area contributed by atoms with E-state index in [1.54, 1.807) is 13.8 Å². The van der Waals surface area contributed by atoms with Gasteiger partial charge in [-0.05, 0) is 33.1 Å². The fraction of sp³-hybridized carbons (Fsp3) is 0.833. The van der Waals surface area contributed by atoms with Crippen LogP contribution in [0.4, 0.5) is 0 Å². The summed E-state index contributed by atoms with van der Waals surface area (Å²) in [6.07, 6.45) is 1.89. The molecule has 7 heteroatoms. The first-order valence-corrected chi connectivity index (χ1v) is 7.35. The molecule has 0 aromatic rings. The lowest BCUT2D eigenvalue weighted by Crippen LogP contribution is -2.28. The van der Waals surface area contributed by atoms with Gasteiger partial charge in [-0.15, -0.1) is 0 Å². The normalized spacial score (nSPS) is 11.5. The second-order valence-corrected chi connectivity index (χ2v) is 6.43. The average molecular weight is 334 g/mol. The van der Waals surface area contributed by atoms with Crippen molar-refractivity contribution < 1.29 is 19.1 Å². The number of hydrogen-bond acceptors (Lipinski definition) is 4. The van der Waals surface area contributed by atoms with E-state index in [-0.39, 0.29) is 13.2 Å². The van der Waals surface area contributed by atoms with E-state index in [1.165, 1.54) is 0 Å². The number of carbonyl (C=O) groups is 2. The predicted molar refractivity (Wildman–Crippen MR) is 75.5 cm³/mol. The van der Waals surface area contributed by atoms with Crippen molar-refractivity contribution in [1.82, 2.24) is 0 Å². The zero-order valence-electron chi connectivity index (χ0n) is 11.1. The predicted octanol–water partition coefficient (Wildman–Crippen LogP) is 3.66. The molecule has 0 aliphatic rings. The largest absolute Gasteiger partial charge is 0.465 e. The maximum absolute atomic E-state index is 11.6. The van der Waals surface area contributed by atoms with Gasteiger partial charge in [-0.25, -0.2) is 0 Å². The molecule has 0 aliphatic carbocycles. The number of halogens is 3. The third kappa shape index (κ3) is 9.36. The Bertz CT molecular complexity index is 271. The van der Waals surface area contributed by atoms with Crippen LogP contribution >= 0.6 is 34.8 Å². The topological polar surface area (TPSA) is 52.6 Å². The van der Waals surface area contributed by atoms with Crippen LogP contribution in [0.5, 0.6) is 0 Å². The number of unbranched alkanes of at least 4 members (excludes halogenated alkanes) is 1. The summed E-state index contributed by atoms with van der Waals surface area (Å²) >= 11 is 16.9. The van der Waals surface area contributed by atoms with Gasteiger partial charge in [-0.1, -0.05) is 41.2 Å². The van der Waals surface area contributed by atoms with Crippen molar-refractivity contribution in [2.45, 2.75) is 43.3 Å². The highest BCUT2D eigenvalue weighted by atomic mass is 35.6. The summed E-state index contributed by atoms with van der Waals surface area (Å²) in [6.45, 7) is 3.82. The summed E-state index contributed by atoms with van der Waals surface area (Å²) in [6, 6.07) is 0. The van der Waals surface area contributed by atoms with Gasteiger partial charge in [0, 0.05) is 0 Å². The molecule has 0 spiro atoms. The Morgan fingerprint density at radius 1 is 1.00 bits per heavy atom. The highest BCUT2D eigenvalue weighted by Crippen LogP contribution is 2.32. The molecule has 0 N–H and O–H groups in total. The Labute approximate surface area is 128 Å². The Morgan fingerprint density at radius 2 is 1.47 bits per heavy atom. The molecule has 19 heavy (non-hydrogen) atoms. The van der Waals surface area contributed by atoms with E-state index in [9.17, 15) is 9.59 Å². The molecule has 0 radical (unpaired) electrons. The molecule has 0 rings (SSSR count). The van der Waals surface area contributed by atoms with E-state index in [0.717, 1.165) is 0 Å². The minimum Gasteiger partial charge on any atom is -0.465 e. The molecule has 0 heterocycles. The number of hydrogen-bond donors (Lipinski definition) is 0. The Balaban J connectivity index is 4.27. The van der Waals surface area contributed by atoms with Crippen molar-refractivity contribution in [2.75, 3.05) is 13.2 Å². The van der Waals surface area contributed by atoms with Crippen LogP contribution in [0.2, 0.25) is 0 Å². The minimum absolute atomic E-state index is 0.225. The van der Waals surface area contributed by atoms with Crippen LogP contribution in [0.25, 0.3) is 0 Å². The quantitative estimate of drug-likeness (QED) is 0.294. The van der Waals surface area contributed by atoms with Gasteiger partial charge in [0.25, 0.3) is 0 Å². The second kappa shape index (κ2) is 9.67. The molecule has 0 unspecified atom stereocenters.